The lowest BCUT2D eigenvalue weighted by atomic mass is 10.2. The molecule has 160 valence electrons. The van der Waals surface area contributed by atoms with E-state index >= 15 is 0 Å². The highest BCUT2D eigenvalue weighted by molar-refractivity contribution is 7.17. The summed E-state index contributed by atoms with van der Waals surface area (Å²) in [6.45, 7) is 8.34. The quantitative estimate of drug-likeness (QED) is 0.657. The molecule has 3 heterocycles. The number of anilines is 1. The molecule has 3 aromatic rings. The molecule has 30 heavy (non-hydrogen) atoms. The molecular formula is C23H30N4O2S. The van der Waals surface area contributed by atoms with Gasteiger partial charge in [-0.1, -0.05) is 12.1 Å². The Labute approximate surface area is 181 Å². The van der Waals surface area contributed by atoms with E-state index in [1.54, 1.807) is 11.3 Å². The molecule has 6 nitrogen and oxygen atoms in total. The third-order valence-electron chi connectivity index (χ3n) is 5.93. The number of aliphatic hydroxyl groups excluding tert-OH is 1. The Balaban J connectivity index is 1.62. The Kier molecular flexibility index (Phi) is 6.24. The topological polar surface area (TPSA) is 52.0 Å². The lowest BCUT2D eigenvalue weighted by Crippen LogP contribution is -2.46. The number of piperazine rings is 1. The first kappa shape index (κ1) is 21.1. The number of aromatic nitrogens is 1. The van der Waals surface area contributed by atoms with Gasteiger partial charge in [0.15, 0.2) is 0 Å². The van der Waals surface area contributed by atoms with Crippen LogP contribution >= 0.6 is 11.3 Å². The molecule has 0 radical (unpaired) electrons. The van der Waals surface area contributed by atoms with Crippen molar-refractivity contribution in [2.45, 2.75) is 26.6 Å². The Morgan fingerprint density at radius 3 is 2.67 bits per heavy atom. The van der Waals surface area contributed by atoms with Gasteiger partial charge in [0.1, 0.15) is 12.8 Å². The van der Waals surface area contributed by atoms with Crippen LogP contribution in [0.3, 0.4) is 0 Å². The van der Waals surface area contributed by atoms with Crippen molar-refractivity contribution in [2.75, 3.05) is 44.7 Å². The first-order valence-corrected chi connectivity index (χ1v) is 11.4. The Hall–Kier alpha value is -2.19. The van der Waals surface area contributed by atoms with Gasteiger partial charge in [0.2, 0.25) is 5.91 Å². The number of likely N-dealkylation sites (N-methyl/N-ethyl adjacent to an activating group) is 2. The number of amides is 1. The van der Waals surface area contributed by atoms with Crippen molar-refractivity contribution >= 4 is 33.1 Å². The summed E-state index contributed by atoms with van der Waals surface area (Å²) in [6.07, 6.45) is -0.708. The SMILES string of the molecule is CCN(C(=O)Cn1c(C(O)N2CCN(C)CC2)cc2sccc21)c1cccc(C)c1. The van der Waals surface area contributed by atoms with Crippen molar-refractivity contribution < 1.29 is 9.90 Å². The van der Waals surface area contributed by atoms with Crippen LogP contribution in [0.1, 0.15) is 24.4 Å². The second-order valence-corrected chi connectivity index (χ2v) is 8.96. The van der Waals surface area contributed by atoms with Gasteiger partial charge in [-0.15, -0.1) is 11.3 Å². The van der Waals surface area contributed by atoms with E-state index in [2.05, 4.69) is 16.8 Å². The Morgan fingerprint density at radius 1 is 1.20 bits per heavy atom. The van der Waals surface area contributed by atoms with Crippen molar-refractivity contribution in [1.82, 2.24) is 14.4 Å². The lowest BCUT2D eigenvalue weighted by Gasteiger charge is -2.35. The predicted octanol–water partition coefficient (Wildman–Crippen LogP) is 3.30. The van der Waals surface area contributed by atoms with Gasteiger partial charge in [0, 0.05) is 38.4 Å². The minimum absolute atomic E-state index is 0.0265. The second-order valence-electron chi connectivity index (χ2n) is 8.02. The molecule has 1 N–H and O–H groups in total. The minimum Gasteiger partial charge on any atom is -0.373 e. The highest BCUT2D eigenvalue weighted by Crippen LogP contribution is 2.31. The molecule has 1 amide bonds. The zero-order chi connectivity index (χ0) is 21.3. The molecule has 0 aliphatic carbocycles. The van der Waals surface area contributed by atoms with E-state index in [4.69, 9.17) is 0 Å². The maximum absolute atomic E-state index is 13.3. The molecule has 1 saturated heterocycles. The molecule has 1 aromatic carbocycles. The van der Waals surface area contributed by atoms with Crippen LogP contribution in [0.4, 0.5) is 5.69 Å². The van der Waals surface area contributed by atoms with Gasteiger partial charge in [0.25, 0.3) is 0 Å². The van der Waals surface area contributed by atoms with Gasteiger partial charge in [0.05, 0.1) is 15.9 Å². The maximum atomic E-state index is 13.3. The molecule has 0 saturated carbocycles. The van der Waals surface area contributed by atoms with E-state index in [0.717, 1.165) is 53.3 Å². The standard InChI is InChI=1S/C23H30N4O2S/c1-4-26(18-7-5-6-17(2)14-18)22(28)16-27-19-8-13-30-21(19)15-20(27)23(29)25-11-9-24(3)10-12-25/h5-8,13-15,23,29H,4,9-12,16H2,1-3H3. The number of aliphatic hydroxyl groups is 1. The van der Waals surface area contributed by atoms with Crippen LogP contribution in [0.5, 0.6) is 0 Å². The number of carbonyl (C=O) groups is 1. The number of carbonyl (C=O) groups excluding carboxylic acids is 1. The van der Waals surface area contributed by atoms with Crippen molar-refractivity contribution in [3.05, 3.63) is 53.0 Å². The summed E-state index contributed by atoms with van der Waals surface area (Å²) in [6, 6.07) is 12.1. The van der Waals surface area contributed by atoms with E-state index in [-0.39, 0.29) is 12.5 Å². The van der Waals surface area contributed by atoms with Crippen LogP contribution in [0.2, 0.25) is 0 Å². The second kappa shape index (κ2) is 8.89. The van der Waals surface area contributed by atoms with Crippen LogP contribution in [0.15, 0.2) is 41.8 Å². The molecule has 2 aromatic heterocycles. The van der Waals surface area contributed by atoms with Crippen LogP contribution in [0.25, 0.3) is 10.2 Å². The molecule has 1 aliphatic rings. The van der Waals surface area contributed by atoms with E-state index in [9.17, 15) is 9.90 Å². The average molecular weight is 427 g/mol. The highest BCUT2D eigenvalue weighted by atomic mass is 32.1. The smallest absolute Gasteiger partial charge is 0.246 e. The monoisotopic (exact) mass is 426 g/mol. The van der Waals surface area contributed by atoms with Crippen molar-refractivity contribution in [3.8, 4) is 0 Å². The van der Waals surface area contributed by atoms with Crippen LogP contribution in [0, 0.1) is 6.92 Å². The summed E-state index contributed by atoms with van der Waals surface area (Å²) in [4.78, 5) is 19.5. The maximum Gasteiger partial charge on any atom is 0.246 e. The van der Waals surface area contributed by atoms with E-state index < -0.39 is 6.23 Å². The third-order valence-corrected chi connectivity index (χ3v) is 6.78. The Bertz CT molecular complexity index is 1020. The molecular weight excluding hydrogens is 396 g/mol. The molecule has 1 aliphatic heterocycles. The van der Waals surface area contributed by atoms with Gasteiger partial charge < -0.3 is 19.5 Å². The van der Waals surface area contributed by atoms with Crippen LogP contribution in [-0.2, 0) is 11.3 Å². The first-order valence-electron chi connectivity index (χ1n) is 10.5. The zero-order valence-electron chi connectivity index (χ0n) is 17.9. The highest BCUT2D eigenvalue weighted by Gasteiger charge is 2.27. The van der Waals surface area contributed by atoms with Gasteiger partial charge in [-0.2, -0.15) is 0 Å². The number of hydrogen-bond acceptors (Lipinski definition) is 5. The number of fused-ring (bicyclic) bond motifs is 1. The lowest BCUT2D eigenvalue weighted by molar-refractivity contribution is -0.119. The summed E-state index contributed by atoms with van der Waals surface area (Å²) >= 11 is 1.64. The average Bonchev–Trinajstić information content (AvgIpc) is 3.31. The number of nitrogens with zero attached hydrogens (tertiary/aromatic N) is 4. The number of rotatable bonds is 6. The number of benzene rings is 1. The van der Waals surface area contributed by atoms with E-state index in [1.165, 1.54) is 0 Å². The largest absolute Gasteiger partial charge is 0.373 e. The fourth-order valence-corrected chi connectivity index (χ4v) is 4.99. The molecule has 1 fully saturated rings. The number of thiophene rings is 1. The number of hydrogen-bond donors (Lipinski definition) is 1. The van der Waals surface area contributed by atoms with Gasteiger partial charge in [-0.3, -0.25) is 9.69 Å². The predicted molar refractivity (Wildman–Crippen MR) is 123 cm³/mol. The van der Waals surface area contributed by atoms with Gasteiger partial charge >= 0.3 is 0 Å². The molecule has 0 bridgehead atoms. The van der Waals surface area contributed by atoms with Crippen LogP contribution in [-0.4, -0.2) is 65.2 Å². The fourth-order valence-electron chi connectivity index (χ4n) is 4.16. The summed E-state index contributed by atoms with van der Waals surface area (Å²) in [5.74, 6) is 0.0265. The summed E-state index contributed by atoms with van der Waals surface area (Å²) in [5, 5.41) is 13.2. The molecule has 4 rings (SSSR count). The summed E-state index contributed by atoms with van der Waals surface area (Å²) < 4.78 is 3.10. The third kappa shape index (κ3) is 4.16. The van der Waals surface area contributed by atoms with Crippen LogP contribution < -0.4 is 4.90 Å². The summed E-state index contributed by atoms with van der Waals surface area (Å²) in [7, 11) is 2.10. The molecule has 0 spiro atoms. The number of aryl methyl sites for hydroxylation is 1. The summed E-state index contributed by atoms with van der Waals surface area (Å²) in [5.41, 5.74) is 3.86. The van der Waals surface area contributed by atoms with Crippen molar-refractivity contribution in [2.24, 2.45) is 0 Å². The zero-order valence-corrected chi connectivity index (χ0v) is 18.7. The Morgan fingerprint density at radius 2 is 1.97 bits per heavy atom. The van der Waals surface area contributed by atoms with E-state index in [0.29, 0.717) is 6.54 Å². The molecule has 1 atom stereocenters. The molecule has 1 unspecified atom stereocenters. The first-order chi connectivity index (χ1) is 14.5. The minimum atomic E-state index is -0.708. The van der Waals surface area contributed by atoms with Gasteiger partial charge in [-0.05, 0) is 56.1 Å². The normalized spacial score (nSPS) is 16.8. The van der Waals surface area contributed by atoms with Crippen molar-refractivity contribution in [1.29, 1.82) is 0 Å². The van der Waals surface area contributed by atoms with Crippen molar-refractivity contribution in [3.63, 3.8) is 0 Å². The van der Waals surface area contributed by atoms with E-state index in [1.807, 2.05) is 65.1 Å². The van der Waals surface area contributed by atoms with Gasteiger partial charge in [-0.25, -0.2) is 0 Å². The fraction of sp³-hybridized carbons (Fsp3) is 0.435. The molecule has 7 heteroatoms.